The lowest BCUT2D eigenvalue weighted by atomic mass is 10.3. The summed E-state index contributed by atoms with van der Waals surface area (Å²) in [5, 5.41) is 4.08. The highest BCUT2D eigenvalue weighted by Gasteiger charge is 2.38. The minimum atomic E-state index is -3.81. The molecule has 19 heavy (non-hydrogen) atoms. The molecule has 0 bridgehead atoms. The Morgan fingerprint density at radius 1 is 1.47 bits per heavy atom. The Bertz CT molecular complexity index is 629. The molecule has 1 aromatic carbocycles. The molecule has 0 saturated carbocycles. The lowest BCUT2D eigenvalue weighted by Gasteiger charge is -2.19. The minimum Gasteiger partial charge on any atom is -0.308 e. The van der Waals surface area contributed by atoms with Crippen LogP contribution < -0.4 is 10.0 Å². The van der Waals surface area contributed by atoms with Gasteiger partial charge in [-0.15, -0.1) is 0 Å². The smallest absolute Gasteiger partial charge is 0.228 e. The number of anilines is 1. The van der Waals surface area contributed by atoms with E-state index in [0.29, 0.717) is 0 Å². The molecule has 1 heterocycles. The Hall–Kier alpha value is -0.700. The molecular formula is C10H9BrClFN2O3S. The maximum absolute atomic E-state index is 13.1. The van der Waals surface area contributed by atoms with E-state index in [4.69, 9.17) is 16.7 Å². The maximum atomic E-state index is 13.1. The Balaban J connectivity index is 2.42. The zero-order chi connectivity index (χ0) is 14.4. The van der Waals surface area contributed by atoms with Gasteiger partial charge in [-0.25, -0.2) is 17.9 Å². The zero-order valence-corrected chi connectivity index (χ0v) is 12.6. The molecule has 2 rings (SSSR count). The monoisotopic (exact) mass is 370 g/mol. The summed E-state index contributed by atoms with van der Waals surface area (Å²) in [6.07, 6.45) is -0.209. The molecule has 1 saturated heterocycles. The van der Waals surface area contributed by atoms with E-state index in [1.807, 2.05) is 0 Å². The number of carbonyl (C=O) groups is 1. The van der Waals surface area contributed by atoms with Crippen molar-refractivity contribution in [3.8, 4) is 0 Å². The van der Waals surface area contributed by atoms with E-state index in [2.05, 4.69) is 15.9 Å². The summed E-state index contributed by atoms with van der Waals surface area (Å²) in [5.41, 5.74) is 0.249. The quantitative estimate of drug-likeness (QED) is 0.858. The number of hydrogen-bond donors (Lipinski definition) is 1. The fraction of sp³-hybridized carbons (Fsp3) is 0.300. The Labute approximate surface area is 122 Å². The highest BCUT2D eigenvalue weighted by atomic mass is 79.9. The maximum Gasteiger partial charge on any atom is 0.228 e. The van der Waals surface area contributed by atoms with Gasteiger partial charge < -0.3 is 4.90 Å². The van der Waals surface area contributed by atoms with E-state index in [-0.39, 0.29) is 28.1 Å². The number of nitrogens with two attached hydrogens (primary N) is 1. The Kier molecular flexibility index (Phi) is 3.87. The molecule has 0 radical (unpaired) electrons. The standard InChI is InChI=1S/C10H9BrClFN2O3S/c11-7-1-5(13)2-8(12)10(7)15-4-6(3-9(15)16)19(14,17)18/h1-2,6H,3-4H2,(H2,14,17,18). The van der Waals surface area contributed by atoms with Crippen LogP contribution in [0, 0.1) is 5.82 Å². The second-order valence-electron chi connectivity index (χ2n) is 4.14. The average Bonchev–Trinajstić information content (AvgIpc) is 2.59. The van der Waals surface area contributed by atoms with Gasteiger partial charge in [0.2, 0.25) is 15.9 Å². The van der Waals surface area contributed by atoms with Crippen molar-refractivity contribution in [1.29, 1.82) is 0 Å². The fourth-order valence-corrected chi connectivity index (χ4v) is 3.70. The topological polar surface area (TPSA) is 80.5 Å². The van der Waals surface area contributed by atoms with Gasteiger partial charge in [-0.05, 0) is 28.1 Å². The fourth-order valence-electron chi connectivity index (χ4n) is 1.90. The van der Waals surface area contributed by atoms with Gasteiger partial charge in [0.1, 0.15) is 11.1 Å². The molecule has 9 heteroatoms. The van der Waals surface area contributed by atoms with Gasteiger partial charge in [0.25, 0.3) is 0 Å². The van der Waals surface area contributed by atoms with E-state index >= 15 is 0 Å². The molecule has 0 aromatic heterocycles. The van der Waals surface area contributed by atoms with Crippen molar-refractivity contribution >= 4 is 49.1 Å². The van der Waals surface area contributed by atoms with Crippen molar-refractivity contribution in [1.82, 2.24) is 0 Å². The lowest BCUT2D eigenvalue weighted by molar-refractivity contribution is -0.117. The molecular weight excluding hydrogens is 363 g/mol. The largest absolute Gasteiger partial charge is 0.308 e. The highest BCUT2D eigenvalue weighted by molar-refractivity contribution is 9.10. The zero-order valence-electron chi connectivity index (χ0n) is 9.44. The van der Waals surface area contributed by atoms with Gasteiger partial charge in [0.05, 0.1) is 10.7 Å². The third-order valence-electron chi connectivity index (χ3n) is 2.81. The van der Waals surface area contributed by atoms with Gasteiger partial charge in [0, 0.05) is 17.4 Å². The summed E-state index contributed by atoms with van der Waals surface area (Å²) in [6, 6.07) is 2.21. The number of nitrogens with zero attached hydrogens (tertiary/aromatic N) is 1. The first-order chi connectivity index (χ1) is 8.70. The number of hydrogen-bond acceptors (Lipinski definition) is 3. The van der Waals surface area contributed by atoms with Crippen molar-refractivity contribution in [3.63, 3.8) is 0 Å². The van der Waals surface area contributed by atoms with E-state index in [0.717, 1.165) is 12.1 Å². The third kappa shape index (κ3) is 2.91. The van der Waals surface area contributed by atoms with Crippen LogP contribution in [-0.2, 0) is 14.8 Å². The first-order valence-electron chi connectivity index (χ1n) is 5.16. The summed E-state index contributed by atoms with van der Waals surface area (Å²) in [6.45, 7) is -0.0956. The van der Waals surface area contributed by atoms with Gasteiger partial charge >= 0.3 is 0 Å². The predicted octanol–water partition coefficient (Wildman–Crippen LogP) is 1.64. The Morgan fingerprint density at radius 3 is 2.58 bits per heavy atom. The van der Waals surface area contributed by atoms with E-state index in [1.165, 1.54) is 4.90 Å². The summed E-state index contributed by atoms with van der Waals surface area (Å²) < 4.78 is 36.0. The van der Waals surface area contributed by atoms with Crippen LogP contribution in [0.1, 0.15) is 6.42 Å². The van der Waals surface area contributed by atoms with Crippen LogP contribution in [0.15, 0.2) is 16.6 Å². The molecule has 1 aliphatic heterocycles. The number of rotatable bonds is 2. The van der Waals surface area contributed by atoms with Crippen LogP contribution in [0.2, 0.25) is 5.02 Å². The third-order valence-corrected chi connectivity index (χ3v) is 4.94. The highest BCUT2D eigenvalue weighted by Crippen LogP contribution is 2.37. The first kappa shape index (κ1) is 14.7. The molecule has 0 spiro atoms. The number of primary sulfonamides is 1. The number of halogens is 3. The lowest BCUT2D eigenvalue weighted by Crippen LogP contribution is -2.32. The van der Waals surface area contributed by atoms with Gasteiger partial charge in [0.15, 0.2) is 0 Å². The SMILES string of the molecule is NS(=O)(=O)C1CC(=O)N(c2c(Cl)cc(F)cc2Br)C1. The molecule has 1 atom stereocenters. The molecule has 2 N–H and O–H groups in total. The van der Waals surface area contributed by atoms with Gasteiger partial charge in [-0.3, -0.25) is 4.79 Å². The Morgan fingerprint density at radius 2 is 2.11 bits per heavy atom. The van der Waals surface area contributed by atoms with Crippen LogP contribution in [-0.4, -0.2) is 26.1 Å². The van der Waals surface area contributed by atoms with Crippen molar-refractivity contribution < 1.29 is 17.6 Å². The molecule has 1 unspecified atom stereocenters. The van der Waals surface area contributed by atoms with Crippen molar-refractivity contribution in [2.75, 3.05) is 11.4 Å². The van der Waals surface area contributed by atoms with Crippen LogP contribution >= 0.6 is 27.5 Å². The summed E-state index contributed by atoms with van der Waals surface area (Å²) >= 11 is 9.00. The summed E-state index contributed by atoms with van der Waals surface area (Å²) in [7, 11) is -3.81. The average molecular weight is 372 g/mol. The van der Waals surface area contributed by atoms with Crippen molar-refractivity contribution in [2.24, 2.45) is 5.14 Å². The number of amides is 1. The molecule has 1 fully saturated rings. The number of carbonyl (C=O) groups excluding carboxylic acids is 1. The molecule has 0 aliphatic carbocycles. The number of sulfonamides is 1. The minimum absolute atomic E-state index is 0.0234. The molecule has 1 amide bonds. The second-order valence-corrected chi connectivity index (χ2v) is 7.24. The van der Waals surface area contributed by atoms with E-state index in [9.17, 15) is 17.6 Å². The molecule has 1 aliphatic rings. The molecule has 5 nitrogen and oxygen atoms in total. The molecule has 104 valence electrons. The van der Waals surface area contributed by atoms with E-state index in [1.54, 1.807) is 0 Å². The first-order valence-corrected chi connectivity index (χ1v) is 7.94. The molecule has 1 aromatic rings. The summed E-state index contributed by atoms with van der Waals surface area (Å²) in [4.78, 5) is 13.0. The van der Waals surface area contributed by atoms with Crippen molar-refractivity contribution in [2.45, 2.75) is 11.7 Å². The second kappa shape index (κ2) is 5.01. The van der Waals surface area contributed by atoms with Crippen LogP contribution in [0.3, 0.4) is 0 Å². The number of benzene rings is 1. The van der Waals surface area contributed by atoms with Crippen LogP contribution in [0.25, 0.3) is 0 Å². The predicted molar refractivity (Wildman–Crippen MR) is 73.0 cm³/mol. The van der Waals surface area contributed by atoms with E-state index < -0.39 is 27.0 Å². The normalized spacial score (nSPS) is 20.1. The van der Waals surface area contributed by atoms with Crippen LogP contribution in [0.5, 0.6) is 0 Å². The van der Waals surface area contributed by atoms with Crippen LogP contribution in [0.4, 0.5) is 10.1 Å². The summed E-state index contributed by atoms with van der Waals surface area (Å²) in [5.74, 6) is -0.983. The van der Waals surface area contributed by atoms with Crippen molar-refractivity contribution in [3.05, 3.63) is 27.4 Å². The van der Waals surface area contributed by atoms with Gasteiger partial charge in [-0.1, -0.05) is 11.6 Å². The van der Waals surface area contributed by atoms with Gasteiger partial charge in [-0.2, -0.15) is 0 Å².